The van der Waals surface area contributed by atoms with Crippen molar-refractivity contribution < 1.29 is 4.48 Å². The first-order valence-corrected chi connectivity index (χ1v) is 5.60. The van der Waals surface area contributed by atoms with Crippen molar-refractivity contribution in [2.75, 3.05) is 19.6 Å². The molecule has 1 heteroatoms. The van der Waals surface area contributed by atoms with Gasteiger partial charge in [-0.1, -0.05) is 6.92 Å². The highest BCUT2D eigenvalue weighted by Crippen LogP contribution is 2.34. The van der Waals surface area contributed by atoms with E-state index in [1.165, 1.54) is 49.8 Å². The Morgan fingerprint density at radius 1 is 0.917 bits per heavy atom. The second-order valence-corrected chi connectivity index (χ2v) is 4.96. The van der Waals surface area contributed by atoms with Gasteiger partial charge in [0.1, 0.15) is 0 Å². The number of hydrogen-bond acceptors (Lipinski definition) is 0. The quantitative estimate of drug-likeness (QED) is 0.487. The molecule has 2 aliphatic heterocycles. The average molecular weight is 168 g/mol. The summed E-state index contributed by atoms with van der Waals surface area (Å²) in [5, 5.41) is 0. The molecular formula is C11H22N+. The second kappa shape index (κ2) is 3.02. The lowest BCUT2D eigenvalue weighted by Gasteiger charge is -2.42. The molecule has 2 aliphatic rings. The molecule has 0 saturated carbocycles. The Labute approximate surface area is 76.3 Å². The molecule has 2 rings (SSSR count). The summed E-state index contributed by atoms with van der Waals surface area (Å²) in [6.07, 6.45) is 5.93. The number of nitrogens with zero attached hydrogens (tertiary/aromatic N) is 1. The van der Waals surface area contributed by atoms with E-state index < -0.39 is 0 Å². The molecule has 1 nitrogen and oxygen atoms in total. The molecule has 0 aliphatic carbocycles. The van der Waals surface area contributed by atoms with E-state index >= 15 is 0 Å². The zero-order valence-electron chi connectivity index (χ0n) is 8.55. The van der Waals surface area contributed by atoms with E-state index in [2.05, 4.69) is 13.8 Å². The minimum absolute atomic E-state index is 0.949. The number of quaternary nitrogens is 1. The van der Waals surface area contributed by atoms with Gasteiger partial charge in [-0.3, -0.25) is 0 Å². The normalized spacial score (nSPS) is 40.5. The lowest BCUT2D eigenvalue weighted by Crippen LogP contribution is -2.54. The van der Waals surface area contributed by atoms with Crippen molar-refractivity contribution >= 4 is 0 Å². The Morgan fingerprint density at radius 3 is 2.08 bits per heavy atom. The van der Waals surface area contributed by atoms with Crippen LogP contribution in [0.3, 0.4) is 0 Å². The van der Waals surface area contributed by atoms with Gasteiger partial charge in [0.15, 0.2) is 0 Å². The van der Waals surface area contributed by atoms with Crippen LogP contribution in [0, 0.1) is 5.92 Å². The van der Waals surface area contributed by atoms with Crippen LogP contribution in [0.1, 0.15) is 39.5 Å². The Morgan fingerprint density at radius 2 is 1.58 bits per heavy atom. The van der Waals surface area contributed by atoms with Crippen molar-refractivity contribution in [1.82, 2.24) is 0 Å². The van der Waals surface area contributed by atoms with E-state index in [0.29, 0.717) is 0 Å². The minimum Gasteiger partial charge on any atom is -0.321 e. The van der Waals surface area contributed by atoms with Crippen molar-refractivity contribution in [1.29, 1.82) is 0 Å². The van der Waals surface area contributed by atoms with E-state index in [4.69, 9.17) is 0 Å². The number of piperidine rings is 1. The van der Waals surface area contributed by atoms with E-state index in [-0.39, 0.29) is 0 Å². The van der Waals surface area contributed by atoms with Crippen LogP contribution in [0.15, 0.2) is 0 Å². The predicted octanol–water partition coefficient (Wildman–Crippen LogP) is 2.42. The first-order valence-electron chi connectivity index (χ1n) is 5.60. The van der Waals surface area contributed by atoms with Gasteiger partial charge in [-0.15, -0.1) is 0 Å². The lowest BCUT2D eigenvalue weighted by molar-refractivity contribution is -0.943. The number of rotatable bonds is 0. The van der Waals surface area contributed by atoms with Crippen molar-refractivity contribution in [3.63, 3.8) is 0 Å². The summed E-state index contributed by atoms with van der Waals surface area (Å²) in [7, 11) is 0. The van der Waals surface area contributed by atoms with Crippen molar-refractivity contribution in [3.05, 3.63) is 0 Å². The molecule has 2 heterocycles. The first kappa shape index (κ1) is 8.55. The smallest absolute Gasteiger partial charge is 0.0889 e. The van der Waals surface area contributed by atoms with Gasteiger partial charge in [0, 0.05) is 12.3 Å². The van der Waals surface area contributed by atoms with Gasteiger partial charge in [0.25, 0.3) is 0 Å². The highest BCUT2D eigenvalue weighted by atomic mass is 15.4. The standard InChI is InChI=1S/C11H22N/c1-10-6-9-12(11(10)2)7-4-3-5-8-12/h10-11H,3-9H2,1-2H3/q+1. The molecule has 2 saturated heterocycles. The van der Waals surface area contributed by atoms with E-state index in [1.54, 1.807) is 0 Å². The zero-order valence-corrected chi connectivity index (χ0v) is 8.55. The molecule has 0 aromatic carbocycles. The predicted molar refractivity (Wildman–Crippen MR) is 52.0 cm³/mol. The van der Waals surface area contributed by atoms with Gasteiger partial charge in [-0.2, -0.15) is 0 Å². The van der Waals surface area contributed by atoms with Crippen molar-refractivity contribution in [3.8, 4) is 0 Å². The molecule has 2 atom stereocenters. The minimum atomic E-state index is 0.949. The Bertz CT molecular complexity index is 153. The van der Waals surface area contributed by atoms with Gasteiger partial charge in [0.2, 0.25) is 0 Å². The third-order valence-corrected chi connectivity index (χ3v) is 4.42. The monoisotopic (exact) mass is 168 g/mol. The molecule has 0 radical (unpaired) electrons. The van der Waals surface area contributed by atoms with Crippen LogP contribution >= 0.6 is 0 Å². The molecule has 12 heavy (non-hydrogen) atoms. The largest absolute Gasteiger partial charge is 0.321 e. The van der Waals surface area contributed by atoms with Gasteiger partial charge in [-0.25, -0.2) is 0 Å². The topological polar surface area (TPSA) is 0 Å². The van der Waals surface area contributed by atoms with Gasteiger partial charge >= 0.3 is 0 Å². The van der Waals surface area contributed by atoms with Crippen LogP contribution in [0.25, 0.3) is 0 Å². The van der Waals surface area contributed by atoms with E-state index in [9.17, 15) is 0 Å². The molecule has 1 spiro atoms. The molecule has 70 valence electrons. The summed E-state index contributed by atoms with van der Waals surface area (Å²) in [6.45, 7) is 9.34. The van der Waals surface area contributed by atoms with E-state index in [1.807, 2.05) is 0 Å². The van der Waals surface area contributed by atoms with Gasteiger partial charge in [-0.05, 0) is 26.2 Å². The van der Waals surface area contributed by atoms with Gasteiger partial charge in [0.05, 0.1) is 25.7 Å². The van der Waals surface area contributed by atoms with Crippen LogP contribution in [0.4, 0.5) is 0 Å². The van der Waals surface area contributed by atoms with Gasteiger partial charge < -0.3 is 4.48 Å². The summed E-state index contributed by atoms with van der Waals surface area (Å²) in [4.78, 5) is 0. The van der Waals surface area contributed by atoms with Crippen LogP contribution in [0.2, 0.25) is 0 Å². The van der Waals surface area contributed by atoms with Crippen LogP contribution in [-0.4, -0.2) is 30.2 Å². The van der Waals surface area contributed by atoms with Crippen LogP contribution in [-0.2, 0) is 0 Å². The molecule has 0 aromatic rings. The summed E-state index contributed by atoms with van der Waals surface area (Å²) >= 11 is 0. The molecule has 2 unspecified atom stereocenters. The van der Waals surface area contributed by atoms with Crippen LogP contribution < -0.4 is 0 Å². The highest BCUT2D eigenvalue weighted by molar-refractivity contribution is 4.73. The highest BCUT2D eigenvalue weighted by Gasteiger charge is 2.43. The van der Waals surface area contributed by atoms with Crippen LogP contribution in [0.5, 0.6) is 0 Å². The maximum atomic E-state index is 2.48. The SMILES string of the molecule is CC1CC[N+]2(CCCCC2)C1C. The summed E-state index contributed by atoms with van der Waals surface area (Å²) in [5.74, 6) is 0.975. The molecule has 2 fully saturated rings. The fraction of sp³-hybridized carbons (Fsp3) is 1.00. The summed E-state index contributed by atoms with van der Waals surface area (Å²) in [6, 6.07) is 0.949. The fourth-order valence-corrected chi connectivity index (χ4v) is 3.22. The molecule has 0 bridgehead atoms. The third kappa shape index (κ3) is 1.19. The number of hydrogen-bond donors (Lipinski definition) is 0. The maximum absolute atomic E-state index is 2.48. The summed E-state index contributed by atoms with van der Waals surface area (Å²) < 4.78 is 1.47. The zero-order chi connectivity index (χ0) is 8.60. The van der Waals surface area contributed by atoms with Crippen molar-refractivity contribution in [2.45, 2.75) is 45.6 Å². The maximum Gasteiger partial charge on any atom is 0.0889 e. The Balaban J connectivity index is 2.09. The molecular weight excluding hydrogens is 146 g/mol. The molecule has 0 N–H and O–H groups in total. The Hall–Kier alpha value is -0.0400. The molecule has 0 aromatic heterocycles. The van der Waals surface area contributed by atoms with E-state index in [0.717, 1.165) is 12.0 Å². The summed E-state index contributed by atoms with van der Waals surface area (Å²) in [5.41, 5.74) is 0. The van der Waals surface area contributed by atoms with Crippen molar-refractivity contribution in [2.24, 2.45) is 5.92 Å². The lowest BCUT2D eigenvalue weighted by atomic mass is 10.0. The second-order valence-electron chi connectivity index (χ2n) is 4.96. The molecule has 0 amide bonds. The fourth-order valence-electron chi connectivity index (χ4n) is 3.22. The average Bonchev–Trinajstić information content (AvgIpc) is 2.37. The first-order chi connectivity index (χ1) is 5.75. The third-order valence-electron chi connectivity index (χ3n) is 4.42. The Kier molecular flexibility index (Phi) is 2.16.